The molecule has 0 aromatic heterocycles. The molecule has 7 heteroatoms. The highest BCUT2D eigenvalue weighted by Crippen LogP contribution is 2.20. The minimum absolute atomic E-state index is 0. The Morgan fingerprint density at radius 3 is 2.41 bits per heavy atom. The number of morpholine rings is 1. The van der Waals surface area contributed by atoms with Gasteiger partial charge in [-0.3, -0.25) is 9.79 Å². The van der Waals surface area contributed by atoms with Crippen LogP contribution in [0.5, 0.6) is 0 Å². The number of halogens is 1. The molecule has 1 amide bonds. The maximum atomic E-state index is 13.2. The minimum atomic E-state index is -0.245. The molecule has 0 saturated carbocycles. The number of hydrogen-bond donors (Lipinski definition) is 1. The monoisotopic (exact) mass is 486 g/mol. The SMILES string of the molecule is CCNC(=NCC(C(=O)N1CCOCC1)c1ccccc1)N1CCCC1.I. The number of likely N-dealkylation sites (tertiary alicyclic amines) is 1. The Hall–Kier alpha value is -1.35. The van der Waals surface area contributed by atoms with Crippen LogP contribution in [0.15, 0.2) is 35.3 Å². The van der Waals surface area contributed by atoms with E-state index in [2.05, 4.69) is 17.1 Å². The van der Waals surface area contributed by atoms with E-state index in [0.29, 0.717) is 32.8 Å². The predicted molar refractivity (Wildman–Crippen MR) is 119 cm³/mol. The molecule has 3 rings (SSSR count). The molecule has 1 atom stereocenters. The molecule has 2 heterocycles. The van der Waals surface area contributed by atoms with Crippen LogP contribution in [0.2, 0.25) is 0 Å². The van der Waals surface area contributed by atoms with E-state index in [1.54, 1.807) is 0 Å². The largest absolute Gasteiger partial charge is 0.378 e. The van der Waals surface area contributed by atoms with E-state index in [0.717, 1.165) is 31.2 Å². The highest BCUT2D eigenvalue weighted by Gasteiger charge is 2.27. The minimum Gasteiger partial charge on any atom is -0.378 e. The van der Waals surface area contributed by atoms with Crippen LogP contribution in [0.4, 0.5) is 0 Å². The van der Waals surface area contributed by atoms with Crippen LogP contribution < -0.4 is 5.32 Å². The molecule has 1 aromatic carbocycles. The Bertz CT molecular complexity index is 599. The number of nitrogens with one attached hydrogen (secondary N) is 1. The highest BCUT2D eigenvalue weighted by atomic mass is 127. The Morgan fingerprint density at radius 2 is 1.78 bits per heavy atom. The first kappa shape index (κ1) is 21.9. The molecule has 27 heavy (non-hydrogen) atoms. The van der Waals surface area contributed by atoms with Gasteiger partial charge in [-0.1, -0.05) is 30.3 Å². The molecular formula is C20H31IN4O2. The smallest absolute Gasteiger partial charge is 0.232 e. The van der Waals surface area contributed by atoms with Crippen molar-refractivity contribution in [1.82, 2.24) is 15.1 Å². The van der Waals surface area contributed by atoms with Crippen LogP contribution in [-0.4, -0.2) is 74.1 Å². The fraction of sp³-hybridized carbons (Fsp3) is 0.600. The van der Waals surface area contributed by atoms with Gasteiger partial charge in [-0.05, 0) is 25.3 Å². The lowest BCUT2D eigenvalue weighted by atomic mass is 9.97. The maximum absolute atomic E-state index is 13.2. The molecule has 6 nitrogen and oxygen atoms in total. The first-order valence-electron chi connectivity index (χ1n) is 9.74. The van der Waals surface area contributed by atoms with Crippen LogP contribution in [0, 0.1) is 0 Å². The van der Waals surface area contributed by atoms with Crippen LogP contribution >= 0.6 is 24.0 Å². The van der Waals surface area contributed by atoms with Gasteiger partial charge in [0.2, 0.25) is 5.91 Å². The molecule has 2 aliphatic rings. The van der Waals surface area contributed by atoms with Crippen molar-refractivity contribution >= 4 is 35.8 Å². The quantitative estimate of drug-likeness (QED) is 0.395. The lowest BCUT2D eigenvalue weighted by Crippen LogP contribution is -2.44. The second kappa shape index (κ2) is 11.5. The second-order valence-electron chi connectivity index (χ2n) is 6.79. The summed E-state index contributed by atoms with van der Waals surface area (Å²) in [5.74, 6) is 0.840. The van der Waals surface area contributed by atoms with E-state index in [9.17, 15) is 4.79 Å². The molecule has 0 spiro atoms. The fourth-order valence-corrected chi connectivity index (χ4v) is 3.55. The van der Waals surface area contributed by atoms with Gasteiger partial charge >= 0.3 is 0 Å². The van der Waals surface area contributed by atoms with Gasteiger partial charge in [0.15, 0.2) is 5.96 Å². The molecule has 1 N–H and O–H groups in total. The Balaban J connectivity index is 0.00000261. The normalized spacial score (nSPS) is 18.8. The van der Waals surface area contributed by atoms with Gasteiger partial charge in [-0.15, -0.1) is 24.0 Å². The summed E-state index contributed by atoms with van der Waals surface area (Å²) in [6.45, 7) is 8.04. The zero-order valence-electron chi connectivity index (χ0n) is 16.1. The van der Waals surface area contributed by atoms with Crippen molar-refractivity contribution < 1.29 is 9.53 Å². The van der Waals surface area contributed by atoms with E-state index < -0.39 is 0 Å². The van der Waals surface area contributed by atoms with Crippen molar-refractivity contribution in [2.45, 2.75) is 25.7 Å². The number of aliphatic imine (C=N–C) groups is 1. The van der Waals surface area contributed by atoms with E-state index in [-0.39, 0.29) is 35.8 Å². The lowest BCUT2D eigenvalue weighted by molar-refractivity contribution is -0.136. The van der Waals surface area contributed by atoms with Gasteiger partial charge in [-0.2, -0.15) is 0 Å². The van der Waals surface area contributed by atoms with E-state index in [1.165, 1.54) is 12.8 Å². The summed E-state index contributed by atoms with van der Waals surface area (Å²) in [5, 5.41) is 3.38. The molecule has 0 bridgehead atoms. The number of nitrogens with zero attached hydrogens (tertiary/aromatic N) is 3. The number of carbonyl (C=O) groups excluding carboxylic acids is 1. The van der Waals surface area contributed by atoms with Crippen molar-refractivity contribution in [1.29, 1.82) is 0 Å². The number of rotatable bonds is 5. The molecular weight excluding hydrogens is 455 g/mol. The van der Waals surface area contributed by atoms with Crippen LogP contribution in [0.25, 0.3) is 0 Å². The molecule has 0 aliphatic carbocycles. The maximum Gasteiger partial charge on any atom is 0.232 e. The number of carbonyl (C=O) groups is 1. The summed E-state index contributed by atoms with van der Waals surface area (Å²) in [7, 11) is 0. The third kappa shape index (κ3) is 6.07. The summed E-state index contributed by atoms with van der Waals surface area (Å²) in [6.07, 6.45) is 2.42. The first-order chi connectivity index (χ1) is 12.8. The van der Waals surface area contributed by atoms with Crippen molar-refractivity contribution in [3.05, 3.63) is 35.9 Å². The second-order valence-corrected chi connectivity index (χ2v) is 6.79. The first-order valence-corrected chi connectivity index (χ1v) is 9.74. The molecule has 2 saturated heterocycles. The van der Waals surface area contributed by atoms with Gasteiger partial charge in [0.05, 0.1) is 25.7 Å². The van der Waals surface area contributed by atoms with E-state index in [1.807, 2.05) is 35.2 Å². The number of guanidine groups is 1. The Kier molecular flexibility index (Phi) is 9.33. The topological polar surface area (TPSA) is 57.2 Å². The summed E-state index contributed by atoms with van der Waals surface area (Å²) in [6, 6.07) is 10.0. The zero-order chi connectivity index (χ0) is 18.2. The number of hydrogen-bond acceptors (Lipinski definition) is 3. The van der Waals surface area contributed by atoms with Crippen molar-refractivity contribution in [2.24, 2.45) is 4.99 Å². The molecule has 1 unspecified atom stereocenters. The third-order valence-corrected chi connectivity index (χ3v) is 4.99. The lowest BCUT2D eigenvalue weighted by Gasteiger charge is -2.30. The van der Waals surface area contributed by atoms with E-state index >= 15 is 0 Å². The van der Waals surface area contributed by atoms with Crippen molar-refractivity contribution in [3.8, 4) is 0 Å². The fourth-order valence-electron chi connectivity index (χ4n) is 3.55. The molecule has 0 radical (unpaired) electrons. The Labute approximate surface area is 179 Å². The molecule has 150 valence electrons. The Morgan fingerprint density at radius 1 is 1.11 bits per heavy atom. The van der Waals surface area contributed by atoms with Crippen LogP contribution in [0.1, 0.15) is 31.2 Å². The van der Waals surface area contributed by atoms with Crippen LogP contribution in [-0.2, 0) is 9.53 Å². The average Bonchev–Trinajstić information content (AvgIpc) is 3.23. The number of ether oxygens (including phenoxy) is 1. The van der Waals surface area contributed by atoms with E-state index in [4.69, 9.17) is 9.73 Å². The highest BCUT2D eigenvalue weighted by molar-refractivity contribution is 14.0. The molecule has 1 aromatic rings. The number of amides is 1. The van der Waals surface area contributed by atoms with Gasteiger partial charge in [0, 0.05) is 32.7 Å². The third-order valence-electron chi connectivity index (χ3n) is 4.99. The van der Waals surface area contributed by atoms with Crippen molar-refractivity contribution in [3.63, 3.8) is 0 Å². The van der Waals surface area contributed by atoms with Gasteiger partial charge in [-0.25, -0.2) is 0 Å². The van der Waals surface area contributed by atoms with Gasteiger partial charge < -0.3 is 19.9 Å². The molecule has 2 fully saturated rings. The predicted octanol–water partition coefficient (Wildman–Crippen LogP) is 2.31. The summed E-state index contributed by atoms with van der Waals surface area (Å²) in [5.41, 5.74) is 1.03. The summed E-state index contributed by atoms with van der Waals surface area (Å²) >= 11 is 0. The zero-order valence-corrected chi connectivity index (χ0v) is 18.4. The van der Waals surface area contributed by atoms with Crippen molar-refractivity contribution in [2.75, 3.05) is 52.5 Å². The molecule has 2 aliphatic heterocycles. The van der Waals surface area contributed by atoms with Crippen LogP contribution in [0.3, 0.4) is 0 Å². The standard InChI is InChI=1S/C20H30N4O2.HI/c1-2-21-20(24-10-6-7-11-24)22-16-18(17-8-4-3-5-9-17)19(25)23-12-14-26-15-13-23;/h3-5,8-9,18H,2,6-7,10-16H2,1H3,(H,21,22);1H. The average molecular weight is 486 g/mol. The summed E-state index contributed by atoms with van der Waals surface area (Å²) in [4.78, 5) is 22.2. The number of benzene rings is 1. The van der Waals surface area contributed by atoms with Gasteiger partial charge in [0.25, 0.3) is 0 Å². The van der Waals surface area contributed by atoms with Gasteiger partial charge in [0.1, 0.15) is 0 Å². The summed E-state index contributed by atoms with van der Waals surface area (Å²) < 4.78 is 5.39.